The van der Waals surface area contributed by atoms with Crippen LogP contribution in [0.15, 0.2) is 48.5 Å². The molecule has 1 amide bonds. The molecule has 0 aliphatic heterocycles. The van der Waals surface area contributed by atoms with E-state index in [1.807, 2.05) is 55.5 Å². The minimum absolute atomic E-state index is 0.224. The number of carbonyl (C=O) groups excluding carboxylic acids is 1. The summed E-state index contributed by atoms with van der Waals surface area (Å²) in [5.74, 6) is 5.80. The maximum atomic E-state index is 11.5. The van der Waals surface area contributed by atoms with Crippen molar-refractivity contribution in [1.29, 1.82) is 0 Å². The highest BCUT2D eigenvalue weighted by Crippen LogP contribution is 2.11. The predicted octanol–water partition coefficient (Wildman–Crippen LogP) is 2.86. The SMILES string of the molecule is Cc1ccc(C#CCNC(=O)OCc2ccccc2)cc1N. The number of hydrogen-bond donors (Lipinski definition) is 2. The second kappa shape index (κ2) is 7.75. The van der Waals surface area contributed by atoms with Crippen molar-refractivity contribution in [3.63, 3.8) is 0 Å². The Hall–Kier alpha value is -2.93. The lowest BCUT2D eigenvalue weighted by Gasteiger charge is -2.04. The zero-order valence-electron chi connectivity index (χ0n) is 12.4. The van der Waals surface area contributed by atoms with Crippen LogP contribution in [0, 0.1) is 18.8 Å². The molecule has 0 unspecified atom stereocenters. The summed E-state index contributed by atoms with van der Waals surface area (Å²) in [5.41, 5.74) is 9.31. The number of amides is 1. The van der Waals surface area contributed by atoms with Gasteiger partial charge in [0.25, 0.3) is 0 Å². The highest BCUT2D eigenvalue weighted by atomic mass is 16.5. The number of carbonyl (C=O) groups is 1. The fourth-order valence-electron chi connectivity index (χ4n) is 1.75. The Morgan fingerprint density at radius 3 is 2.73 bits per heavy atom. The molecule has 0 aromatic heterocycles. The van der Waals surface area contributed by atoms with E-state index in [0.29, 0.717) is 5.69 Å². The van der Waals surface area contributed by atoms with E-state index in [4.69, 9.17) is 10.5 Å². The van der Waals surface area contributed by atoms with Gasteiger partial charge in [0.1, 0.15) is 6.61 Å². The zero-order chi connectivity index (χ0) is 15.8. The van der Waals surface area contributed by atoms with Crippen LogP contribution in [0.3, 0.4) is 0 Å². The van der Waals surface area contributed by atoms with E-state index in [1.165, 1.54) is 0 Å². The van der Waals surface area contributed by atoms with E-state index >= 15 is 0 Å². The molecule has 0 aliphatic rings. The average molecular weight is 294 g/mol. The fraction of sp³-hybridized carbons (Fsp3) is 0.167. The predicted molar refractivity (Wildman–Crippen MR) is 87.1 cm³/mol. The summed E-state index contributed by atoms with van der Waals surface area (Å²) in [7, 11) is 0. The van der Waals surface area contributed by atoms with Gasteiger partial charge < -0.3 is 15.8 Å². The van der Waals surface area contributed by atoms with Gasteiger partial charge in [-0.3, -0.25) is 0 Å². The quantitative estimate of drug-likeness (QED) is 0.676. The molecule has 0 saturated carbocycles. The topological polar surface area (TPSA) is 64.3 Å². The van der Waals surface area contributed by atoms with Crippen molar-refractivity contribution in [3.05, 3.63) is 65.2 Å². The van der Waals surface area contributed by atoms with Crippen LogP contribution in [0.4, 0.5) is 10.5 Å². The summed E-state index contributed by atoms with van der Waals surface area (Å²) in [5, 5.41) is 2.58. The van der Waals surface area contributed by atoms with E-state index in [2.05, 4.69) is 17.2 Å². The molecule has 2 aromatic carbocycles. The standard InChI is InChI=1S/C18H18N2O2/c1-14-9-10-15(12-17(14)19)8-5-11-20-18(21)22-13-16-6-3-2-4-7-16/h2-4,6-7,9-10,12H,11,13,19H2,1H3,(H,20,21). The second-order valence-electron chi connectivity index (χ2n) is 4.79. The Kier molecular flexibility index (Phi) is 5.44. The van der Waals surface area contributed by atoms with Crippen molar-refractivity contribution in [1.82, 2.24) is 5.32 Å². The smallest absolute Gasteiger partial charge is 0.408 e. The Bertz CT molecular complexity index is 700. The molecule has 4 heteroatoms. The van der Waals surface area contributed by atoms with Crippen molar-refractivity contribution in [2.75, 3.05) is 12.3 Å². The van der Waals surface area contributed by atoms with Crippen LogP contribution in [0.25, 0.3) is 0 Å². The number of anilines is 1. The monoisotopic (exact) mass is 294 g/mol. The molecule has 22 heavy (non-hydrogen) atoms. The number of rotatable bonds is 3. The lowest BCUT2D eigenvalue weighted by atomic mass is 10.1. The number of nitrogens with two attached hydrogens (primary N) is 1. The van der Waals surface area contributed by atoms with Gasteiger partial charge in [0, 0.05) is 11.3 Å². The summed E-state index contributed by atoms with van der Waals surface area (Å²) in [4.78, 5) is 11.5. The van der Waals surface area contributed by atoms with Gasteiger partial charge >= 0.3 is 6.09 Å². The third-order valence-electron chi connectivity index (χ3n) is 3.05. The minimum atomic E-state index is -0.485. The molecule has 4 nitrogen and oxygen atoms in total. The number of nitrogens with one attached hydrogen (secondary N) is 1. The van der Waals surface area contributed by atoms with Crippen LogP contribution in [0.2, 0.25) is 0 Å². The largest absolute Gasteiger partial charge is 0.445 e. The molecule has 2 aromatic rings. The van der Waals surface area contributed by atoms with Crippen LogP contribution in [0.1, 0.15) is 16.7 Å². The molecule has 0 heterocycles. The summed E-state index contributed by atoms with van der Waals surface area (Å²) < 4.78 is 5.08. The Morgan fingerprint density at radius 2 is 2.00 bits per heavy atom. The number of aryl methyl sites for hydroxylation is 1. The average Bonchev–Trinajstić information content (AvgIpc) is 2.54. The summed E-state index contributed by atoms with van der Waals surface area (Å²) >= 11 is 0. The summed E-state index contributed by atoms with van der Waals surface area (Å²) in [6, 6.07) is 15.1. The van der Waals surface area contributed by atoms with E-state index in [-0.39, 0.29) is 13.2 Å². The number of ether oxygens (including phenoxy) is 1. The van der Waals surface area contributed by atoms with Gasteiger partial charge in [-0.1, -0.05) is 48.2 Å². The Morgan fingerprint density at radius 1 is 1.23 bits per heavy atom. The highest BCUT2D eigenvalue weighted by Gasteiger charge is 2.00. The Balaban J connectivity index is 1.75. The third-order valence-corrected chi connectivity index (χ3v) is 3.05. The molecule has 0 aliphatic carbocycles. The van der Waals surface area contributed by atoms with E-state index in [0.717, 1.165) is 16.7 Å². The first-order chi connectivity index (χ1) is 10.6. The molecule has 0 radical (unpaired) electrons. The fourth-order valence-corrected chi connectivity index (χ4v) is 1.75. The lowest BCUT2D eigenvalue weighted by Crippen LogP contribution is -2.24. The van der Waals surface area contributed by atoms with E-state index in [9.17, 15) is 4.79 Å². The van der Waals surface area contributed by atoms with Crippen molar-refractivity contribution < 1.29 is 9.53 Å². The molecule has 3 N–H and O–H groups in total. The van der Waals surface area contributed by atoms with Crippen molar-refractivity contribution in [2.45, 2.75) is 13.5 Å². The molecule has 2 rings (SSSR count). The van der Waals surface area contributed by atoms with Crippen LogP contribution < -0.4 is 11.1 Å². The second-order valence-corrected chi connectivity index (χ2v) is 4.79. The first-order valence-electron chi connectivity index (χ1n) is 6.94. The molecule has 0 atom stereocenters. The van der Waals surface area contributed by atoms with Crippen molar-refractivity contribution in [3.8, 4) is 11.8 Å². The van der Waals surface area contributed by atoms with Gasteiger partial charge in [-0.15, -0.1) is 0 Å². The first-order valence-corrected chi connectivity index (χ1v) is 6.94. The normalized spacial score (nSPS) is 9.50. The third kappa shape index (κ3) is 4.88. The molecular formula is C18H18N2O2. The number of hydrogen-bond acceptors (Lipinski definition) is 3. The van der Waals surface area contributed by atoms with Gasteiger partial charge in [-0.2, -0.15) is 0 Å². The molecular weight excluding hydrogens is 276 g/mol. The van der Waals surface area contributed by atoms with Gasteiger partial charge in [0.2, 0.25) is 0 Å². The molecule has 0 spiro atoms. The first kappa shape index (κ1) is 15.5. The summed E-state index contributed by atoms with van der Waals surface area (Å²) in [6.07, 6.45) is -0.485. The molecule has 0 saturated heterocycles. The van der Waals surface area contributed by atoms with Gasteiger partial charge in [-0.25, -0.2) is 4.79 Å². The lowest BCUT2D eigenvalue weighted by molar-refractivity contribution is 0.141. The van der Waals surface area contributed by atoms with Gasteiger partial charge in [0.15, 0.2) is 0 Å². The van der Waals surface area contributed by atoms with Crippen LogP contribution in [0.5, 0.6) is 0 Å². The van der Waals surface area contributed by atoms with E-state index in [1.54, 1.807) is 0 Å². The van der Waals surface area contributed by atoms with Crippen molar-refractivity contribution >= 4 is 11.8 Å². The summed E-state index contributed by atoms with van der Waals surface area (Å²) in [6.45, 7) is 2.41. The maximum Gasteiger partial charge on any atom is 0.408 e. The zero-order valence-corrected chi connectivity index (χ0v) is 12.4. The van der Waals surface area contributed by atoms with Crippen LogP contribution in [-0.2, 0) is 11.3 Å². The Labute approximate surface area is 130 Å². The van der Waals surface area contributed by atoms with E-state index < -0.39 is 6.09 Å². The molecule has 0 fully saturated rings. The maximum absolute atomic E-state index is 11.5. The van der Waals surface area contributed by atoms with Crippen molar-refractivity contribution in [2.24, 2.45) is 0 Å². The number of nitrogen functional groups attached to an aromatic ring is 1. The molecule has 0 bridgehead atoms. The van der Waals surface area contributed by atoms with Crippen LogP contribution in [-0.4, -0.2) is 12.6 Å². The van der Waals surface area contributed by atoms with Gasteiger partial charge in [-0.05, 0) is 30.2 Å². The minimum Gasteiger partial charge on any atom is -0.445 e. The van der Waals surface area contributed by atoms with Gasteiger partial charge in [0.05, 0.1) is 6.54 Å². The molecule has 112 valence electrons. The van der Waals surface area contributed by atoms with Crippen LogP contribution >= 0.6 is 0 Å². The highest BCUT2D eigenvalue weighted by molar-refractivity contribution is 5.67. The number of benzene rings is 2. The number of alkyl carbamates (subject to hydrolysis) is 1.